The molecule has 0 aromatic carbocycles. The minimum atomic E-state index is 0.346. The van der Waals surface area contributed by atoms with Gasteiger partial charge in [-0.2, -0.15) is 0 Å². The number of hydrogen-bond acceptors (Lipinski definition) is 2. The molecule has 0 amide bonds. The van der Waals surface area contributed by atoms with E-state index in [-0.39, 0.29) is 0 Å². The number of pyridine rings is 1. The van der Waals surface area contributed by atoms with Gasteiger partial charge >= 0.3 is 0 Å². The third-order valence-corrected chi connectivity index (χ3v) is 3.59. The third kappa shape index (κ3) is 1.65. The van der Waals surface area contributed by atoms with Crippen LogP contribution >= 0.6 is 11.6 Å². The van der Waals surface area contributed by atoms with Crippen LogP contribution in [-0.4, -0.2) is 27.9 Å². The number of halogens is 1. The van der Waals surface area contributed by atoms with E-state index in [0.717, 1.165) is 31.6 Å². The Hall–Kier alpha value is -1.22. The highest BCUT2D eigenvalue weighted by atomic mass is 35.5. The van der Waals surface area contributed by atoms with Crippen molar-refractivity contribution < 1.29 is 0 Å². The van der Waals surface area contributed by atoms with E-state index in [0.29, 0.717) is 5.38 Å². The lowest BCUT2D eigenvalue weighted by Crippen LogP contribution is -2.35. The van der Waals surface area contributed by atoms with Gasteiger partial charge in [0, 0.05) is 30.9 Å². The summed E-state index contributed by atoms with van der Waals surface area (Å²) in [7, 11) is 0. The summed E-state index contributed by atoms with van der Waals surface area (Å²) >= 11 is 6.12. The number of fused-ring (bicyclic) bond motifs is 1. The quantitative estimate of drug-likeness (QED) is 0.709. The zero-order valence-electron chi connectivity index (χ0n) is 9.01. The maximum atomic E-state index is 6.12. The van der Waals surface area contributed by atoms with Crippen LogP contribution in [0, 0.1) is 0 Å². The largest absolute Gasteiger partial charge is 0.358 e. The minimum absolute atomic E-state index is 0.346. The van der Waals surface area contributed by atoms with E-state index >= 15 is 0 Å². The Kier molecular flexibility index (Phi) is 2.48. The van der Waals surface area contributed by atoms with Crippen molar-refractivity contribution >= 4 is 23.1 Å². The normalized spacial score (nSPS) is 18.2. The monoisotopic (exact) mass is 235 g/mol. The first-order valence-corrected chi connectivity index (χ1v) is 6.09. The maximum absolute atomic E-state index is 6.12. The fourth-order valence-corrected chi connectivity index (χ4v) is 2.46. The Labute approximate surface area is 99.7 Å². The summed E-state index contributed by atoms with van der Waals surface area (Å²) in [6.07, 6.45) is 5.98. The molecule has 1 saturated heterocycles. The molecule has 0 atom stereocenters. The molecule has 84 valence electrons. The summed E-state index contributed by atoms with van der Waals surface area (Å²) in [5, 5.41) is 0.346. The molecule has 0 N–H and O–H groups in total. The molecule has 3 nitrogen and oxygen atoms in total. The van der Waals surface area contributed by atoms with Gasteiger partial charge in [-0.05, 0) is 25.0 Å². The fourth-order valence-electron chi connectivity index (χ4n) is 2.27. The van der Waals surface area contributed by atoms with Gasteiger partial charge in [0.2, 0.25) is 0 Å². The van der Waals surface area contributed by atoms with Crippen LogP contribution in [0.2, 0.25) is 0 Å². The average molecular weight is 236 g/mol. The van der Waals surface area contributed by atoms with Gasteiger partial charge in [-0.25, -0.2) is 4.98 Å². The highest BCUT2D eigenvalue weighted by Crippen LogP contribution is 2.23. The van der Waals surface area contributed by atoms with Gasteiger partial charge in [0.1, 0.15) is 11.5 Å². The van der Waals surface area contributed by atoms with Crippen LogP contribution in [0.1, 0.15) is 12.8 Å². The van der Waals surface area contributed by atoms with E-state index in [4.69, 9.17) is 11.6 Å². The first-order valence-electron chi connectivity index (χ1n) is 5.66. The first-order chi connectivity index (χ1) is 7.84. The predicted molar refractivity (Wildman–Crippen MR) is 66.3 cm³/mol. The number of hydrogen-bond donors (Lipinski definition) is 0. The average Bonchev–Trinajstić information content (AvgIpc) is 2.78. The second-order valence-electron chi connectivity index (χ2n) is 4.20. The Morgan fingerprint density at radius 2 is 2.06 bits per heavy atom. The van der Waals surface area contributed by atoms with Crippen molar-refractivity contribution in [3.63, 3.8) is 0 Å². The summed E-state index contributed by atoms with van der Waals surface area (Å²) in [5.41, 5.74) is 1.01. The molecule has 0 unspecified atom stereocenters. The molecule has 3 heterocycles. The first kappa shape index (κ1) is 9.97. The second-order valence-corrected chi connectivity index (χ2v) is 4.82. The standard InChI is InChI=1S/C12H14ClN3/c13-10-4-7-15(8-5-10)12-3-1-2-11-14-6-9-16(11)12/h1-3,6,9-10H,4-5,7-8H2. The highest BCUT2D eigenvalue weighted by Gasteiger charge is 2.18. The van der Waals surface area contributed by atoms with Crippen molar-refractivity contribution in [3.05, 3.63) is 30.6 Å². The van der Waals surface area contributed by atoms with Crippen LogP contribution in [0.3, 0.4) is 0 Å². The van der Waals surface area contributed by atoms with Crippen LogP contribution in [0.5, 0.6) is 0 Å². The number of anilines is 1. The summed E-state index contributed by atoms with van der Waals surface area (Å²) < 4.78 is 2.13. The molecule has 16 heavy (non-hydrogen) atoms. The molecule has 0 spiro atoms. The number of piperidine rings is 1. The van der Waals surface area contributed by atoms with E-state index in [1.165, 1.54) is 5.82 Å². The Bertz CT molecular complexity index is 486. The van der Waals surface area contributed by atoms with Crippen molar-refractivity contribution in [1.29, 1.82) is 0 Å². The molecular weight excluding hydrogens is 222 g/mol. The summed E-state index contributed by atoms with van der Waals surface area (Å²) in [5.74, 6) is 1.22. The second kappa shape index (κ2) is 3.98. The zero-order valence-corrected chi connectivity index (χ0v) is 9.77. The summed E-state index contributed by atoms with van der Waals surface area (Å²) in [6.45, 7) is 2.07. The van der Waals surface area contributed by atoms with E-state index in [9.17, 15) is 0 Å². The van der Waals surface area contributed by atoms with E-state index in [1.807, 2.05) is 18.5 Å². The number of nitrogens with zero attached hydrogens (tertiary/aromatic N) is 3. The van der Waals surface area contributed by atoms with Gasteiger partial charge in [-0.3, -0.25) is 4.40 Å². The van der Waals surface area contributed by atoms with Gasteiger partial charge in [0.05, 0.1) is 0 Å². The van der Waals surface area contributed by atoms with E-state index in [2.05, 4.69) is 26.4 Å². The lowest BCUT2D eigenvalue weighted by molar-refractivity contribution is 0.579. The van der Waals surface area contributed by atoms with Gasteiger partial charge in [0.15, 0.2) is 0 Å². The van der Waals surface area contributed by atoms with Crippen molar-refractivity contribution in [2.75, 3.05) is 18.0 Å². The fraction of sp³-hybridized carbons (Fsp3) is 0.417. The smallest absolute Gasteiger partial charge is 0.138 e. The van der Waals surface area contributed by atoms with Crippen LogP contribution in [0.4, 0.5) is 5.82 Å². The molecule has 1 aliphatic rings. The highest BCUT2D eigenvalue weighted by molar-refractivity contribution is 6.20. The Balaban J connectivity index is 1.96. The molecule has 0 aliphatic carbocycles. The van der Waals surface area contributed by atoms with Gasteiger partial charge in [-0.1, -0.05) is 6.07 Å². The molecule has 0 bridgehead atoms. The van der Waals surface area contributed by atoms with E-state index in [1.54, 1.807) is 0 Å². The van der Waals surface area contributed by atoms with E-state index < -0.39 is 0 Å². The SMILES string of the molecule is ClC1CCN(c2cccc3nccn23)CC1. The third-order valence-electron chi connectivity index (χ3n) is 3.16. The zero-order chi connectivity index (χ0) is 11.0. The lowest BCUT2D eigenvalue weighted by atomic mass is 10.1. The minimum Gasteiger partial charge on any atom is -0.358 e. The molecule has 4 heteroatoms. The van der Waals surface area contributed by atoms with Crippen LogP contribution < -0.4 is 4.90 Å². The lowest BCUT2D eigenvalue weighted by Gasteiger charge is -2.31. The van der Waals surface area contributed by atoms with Crippen molar-refractivity contribution in [1.82, 2.24) is 9.38 Å². The van der Waals surface area contributed by atoms with Crippen molar-refractivity contribution in [2.45, 2.75) is 18.2 Å². The molecule has 0 radical (unpaired) electrons. The number of alkyl halides is 1. The van der Waals surface area contributed by atoms with Crippen LogP contribution in [-0.2, 0) is 0 Å². The Morgan fingerprint density at radius 3 is 2.88 bits per heavy atom. The molecule has 2 aromatic rings. The summed E-state index contributed by atoms with van der Waals surface area (Å²) in [4.78, 5) is 6.68. The summed E-state index contributed by atoms with van der Waals surface area (Å²) in [6, 6.07) is 6.23. The number of rotatable bonds is 1. The van der Waals surface area contributed by atoms with Crippen molar-refractivity contribution in [2.24, 2.45) is 0 Å². The topological polar surface area (TPSA) is 20.5 Å². The number of aromatic nitrogens is 2. The van der Waals surface area contributed by atoms with Crippen LogP contribution in [0.15, 0.2) is 30.6 Å². The van der Waals surface area contributed by atoms with Gasteiger partial charge in [-0.15, -0.1) is 11.6 Å². The maximum Gasteiger partial charge on any atom is 0.138 e. The van der Waals surface area contributed by atoms with Gasteiger partial charge in [0.25, 0.3) is 0 Å². The molecule has 2 aromatic heterocycles. The van der Waals surface area contributed by atoms with Crippen LogP contribution in [0.25, 0.3) is 5.65 Å². The Morgan fingerprint density at radius 1 is 1.25 bits per heavy atom. The van der Waals surface area contributed by atoms with Gasteiger partial charge < -0.3 is 4.90 Å². The molecule has 1 fully saturated rings. The predicted octanol–water partition coefficient (Wildman–Crippen LogP) is 2.54. The molecular formula is C12H14ClN3. The van der Waals surface area contributed by atoms with Crippen molar-refractivity contribution in [3.8, 4) is 0 Å². The molecule has 0 saturated carbocycles. The molecule has 1 aliphatic heterocycles. The number of imidazole rings is 1. The molecule has 3 rings (SSSR count).